The Bertz CT molecular complexity index is 115. The maximum Gasteiger partial charge on any atom is 0.222 e. The minimum Gasteiger partial charge on any atom is -0.471 e. The van der Waals surface area contributed by atoms with Gasteiger partial charge in [-0.25, -0.2) is 0 Å². The first-order valence-electron chi connectivity index (χ1n) is 4.80. The number of rotatable bonds is 9. The van der Waals surface area contributed by atoms with Crippen molar-refractivity contribution in [3.63, 3.8) is 0 Å². The molecule has 0 rings (SSSR count). The van der Waals surface area contributed by atoms with Gasteiger partial charge in [-0.15, -0.1) is 0 Å². The zero-order valence-electron chi connectivity index (χ0n) is 8.62. The fourth-order valence-corrected chi connectivity index (χ4v) is 0.807. The maximum absolute atomic E-state index is 5.41. The molecule has 13 heavy (non-hydrogen) atoms. The van der Waals surface area contributed by atoms with E-state index in [4.69, 9.17) is 14.2 Å². The lowest BCUT2D eigenvalue weighted by atomic mass is 10.4. The third-order valence-electron chi connectivity index (χ3n) is 1.51. The van der Waals surface area contributed by atoms with Gasteiger partial charge in [0.05, 0.1) is 12.9 Å². The molecule has 3 nitrogen and oxygen atoms in total. The summed E-state index contributed by atoms with van der Waals surface area (Å²) in [7, 11) is 0. The van der Waals surface area contributed by atoms with E-state index in [-0.39, 0.29) is 6.29 Å². The summed E-state index contributed by atoms with van der Waals surface area (Å²) in [4.78, 5) is 0. The highest BCUT2D eigenvalue weighted by molar-refractivity contribution is 4.53. The van der Waals surface area contributed by atoms with Crippen molar-refractivity contribution in [2.75, 3.05) is 19.8 Å². The summed E-state index contributed by atoms with van der Waals surface area (Å²) in [6.07, 6.45) is 3.25. The van der Waals surface area contributed by atoms with E-state index >= 15 is 0 Å². The van der Waals surface area contributed by atoms with Crippen LogP contribution in [0.5, 0.6) is 0 Å². The topological polar surface area (TPSA) is 27.7 Å². The van der Waals surface area contributed by atoms with E-state index < -0.39 is 0 Å². The second-order valence-corrected chi connectivity index (χ2v) is 2.62. The van der Waals surface area contributed by atoms with Crippen LogP contribution in [0.2, 0.25) is 0 Å². The molecule has 0 aliphatic heterocycles. The first-order chi connectivity index (χ1) is 6.35. The molecular weight excluding hydrogens is 168 g/mol. The average molecular weight is 188 g/mol. The van der Waals surface area contributed by atoms with E-state index in [0.717, 1.165) is 12.8 Å². The Kier molecular flexibility index (Phi) is 9.15. The Hall–Kier alpha value is -0.540. The Morgan fingerprint density at radius 3 is 2.69 bits per heavy atom. The van der Waals surface area contributed by atoms with E-state index in [0.29, 0.717) is 19.8 Å². The van der Waals surface area contributed by atoms with Crippen LogP contribution < -0.4 is 0 Å². The van der Waals surface area contributed by atoms with Gasteiger partial charge in [-0.3, -0.25) is 0 Å². The van der Waals surface area contributed by atoms with Crippen molar-refractivity contribution in [3.8, 4) is 0 Å². The van der Waals surface area contributed by atoms with Gasteiger partial charge in [-0.1, -0.05) is 19.9 Å². The van der Waals surface area contributed by atoms with Gasteiger partial charge in [-0.05, 0) is 13.3 Å². The Balaban J connectivity index is 3.47. The Labute approximate surface area is 80.7 Å². The molecule has 0 fully saturated rings. The predicted octanol–water partition coefficient (Wildman–Crippen LogP) is 2.33. The Morgan fingerprint density at radius 2 is 2.15 bits per heavy atom. The van der Waals surface area contributed by atoms with Crippen LogP contribution in [-0.2, 0) is 14.2 Å². The molecule has 0 radical (unpaired) electrons. The highest BCUT2D eigenvalue weighted by Crippen LogP contribution is 1.99. The molecule has 1 atom stereocenters. The van der Waals surface area contributed by atoms with Crippen molar-refractivity contribution >= 4 is 0 Å². The monoisotopic (exact) mass is 188 g/mol. The number of unbranched alkanes of at least 4 members (excludes halogenated alkanes) is 1. The molecule has 1 unspecified atom stereocenters. The largest absolute Gasteiger partial charge is 0.471 e. The summed E-state index contributed by atoms with van der Waals surface area (Å²) >= 11 is 0. The van der Waals surface area contributed by atoms with Gasteiger partial charge in [0.15, 0.2) is 0 Å². The van der Waals surface area contributed by atoms with Gasteiger partial charge in [0.25, 0.3) is 0 Å². The second-order valence-electron chi connectivity index (χ2n) is 2.62. The summed E-state index contributed by atoms with van der Waals surface area (Å²) in [6, 6.07) is 0. The minimum atomic E-state index is -0.302. The third kappa shape index (κ3) is 7.81. The fourth-order valence-electron chi connectivity index (χ4n) is 0.807. The second kappa shape index (κ2) is 9.55. The van der Waals surface area contributed by atoms with Gasteiger partial charge in [0, 0.05) is 6.61 Å². The standard InChI is InChI=1S/C10H20O3/c1-4-7-8-13-10(12-6-3)9-11-5-2/h6,10H,3-5,7-9H2,1-2H3. The van der Waals surface area contributed by atoms with Crippen molar-refractivity contribution in [3.05, 3.63) is 12.8 Å². The normalized spacial score (nSPS) is 12.5. The molecule has 0 aromatic heterocycles. The van der Waals surface area contributed by atoms with Crippen LogP contribution in [0.15, 0.2) is 12.8 Å². The lowest BCUT2D eigenvalue weighted by Gasteiger charge is -2.16. The fraction of sp³-hybridized carbons (Fsp3) is 0.800. The summed E-state index contributed by atoms with van der Waals surface area (Å²) in [5.41, 5.74) is 0. The lowest BCUT2D eigenvalue weighted by Crippen LogP contribution is -2.22. The molecule has 0 aromatic carbocycles. The van der Waals surface area contributed by atoms with Gasteiger partial charge in [0.2, 0.25) is 6.29 Å². The van der Waals surface area contributed by atoms with Crippen molar-refractivity contribution in [1.29, 1.82) is 0 Å². The van der Waals surface area contributed by atoms with Crippen LogP contribution in [0.3, 0.4) is 0 Å². The van der Waals surface area contributed by atoms with Crippen molar-refractivity contribution in [2.45, 2.75) is 33.0 Å². The zero-order valence-corrected chi connectivity index (χ0v) is 8.62. The van der Waals surface area contributed by atoms with Crippen LogP contribution >= 0.6 is 0 Å². The van der Waals surface area contributed by atoms with Gasteiger partial charge >= 0.3 is 0 Å². The molecular formula is C10H20O3. The van der Waals surface area contributed by atoms with Gasteiger partial charge in [-0.2, -0.15) is 0 Å². The van der Waals surface area contributed by atoms with Crippen molar-refractivity contribution in [1.82, 2.24) is 0 Å². The first-order valence-corrected chi connectivity index (χ1v) is 4.80. The smallest absolute Gasteiger partial charge is 0.222 e. The third-order valence-corrected chi connectivity index (χ3v) is 1.51. The number of hydrogen-bond acceptors (Lipinski definition) is 3. The highest BCUT2D eigenvalue weighted by atomic mass is 16.7. The lowest BCUT2D eigenvalue weighted by molar-refractivity contribution is -0.142. The van der Waals surface area contributed by atoms with Crippen molar-refractivity contribution in [2.24, 2.45) is 0 Å². The quantitative estimate of drug-likeness (QED) is 0.316. The number of hydrogen-bond donors (Lipinski definition) is 0. The molecule has 0 heterocycles. The molecule has 0 spiro atoms. The van der Waals surface area contributed by atoms with Crippen LogP contribution in [-0.4, -0.2) is 26.1 Å². The SMILES string of the molecule is C=COC(COCC)OCCCC. The molecule has 0 saturated carbocycles. The van der Waals surface area contributed by atoms with Crippen LogP contribution in [0.4, 0.5) is 0 Å². The molecule has 0 aliphatic rings. The summed E-state index contributed by atoms with van der Waals surface area (Å²) in [5, 5.41) is 0. The zero-order chi connectivity index (χ0) is 9.94. The van der Waals surface area contributed by atoms with Crippen LogP contribution in [0, 0.1) is 0 Å². The minimum absolute atomic E-state index is 0.302. The summed E-state index contributed by atoms with van der Waals surface area (Å²) in [6.45, 7) is 9.39. The maximum atomic E-state index is 5.41. The van der Waals surface area contributed by atoms with E-state index in [2.05, 4.69) is 13.5 Å². The highest BCUT2D eigenvalue weighted by Gasteiger charge is 2.07. The van der Waals surface area contributed by atoms with E-state index in [9.17, 15) is 0 Å². The predicted molar refractivity (Wildman–Crippen MR) is 52.4 cm³/mol. The summed E-state index contributed by atoms with van der Waals surface area (Å²) < 4.78 is 15.7. The first kappa shape index (κ1) is 12.5. The van der Waals surface area contributed by atoms with E-state index in [1.165, 1.54) is 6.26 Å². The molecule has 0 saturated heterocycles. The average Bonchev–Trinajstić information content (AvgIpc) is 2.14. The number of ether oxygens (including phenoxy) is 3. The summed E-state index contributed by atoms with van der Waals surface area (Å²) in [5.74, 6) is 0. The molecule has 0 aromatic rings. The molecule has 0 bridgehead atoms. The van der Waals surface area contributed by atoms with E-state index in [1.807, 2.05) is 6.92 Å². The van der Waals surface area contributed by atoms with Crippen molar-refractivity contribution < 1.29 is 14.2 Å². The van der Waals surface area contributed by atoms with Crippen LogP contribution in [0.25, 0.3) is 0 Å². The Morgan fingerprint density at radius 1 is 1.38 bits per heavy atom. The molecule has 3 heteroatoms. The molecule has 0 N–H and O–H groups in total. The van der Waals surface area contributed by atoms with Gasteiger partial charge in [0.1, 0.15) is 6.61 Å². The van der Waals surface area contributed by atoms with E-state index in [1.54, 1.807) is 0 Å². The molecule has 0 amide bonds. The van der Waals surface area contributed by atoms with Crippen LogP contribution in [0.1, 0.15) is 26.7 Å². The van der Waals surface area contributed by atoms with Gasteiger partial charge < -0.3 is 14.2 Å². The molecule has 78 valence electrons. The molecule has 0 aliphatic carbocycles.